The number of imidazole rings is 1. The zero-order chi connectivity index (χ0) is 25.5. The molecule has 1 fully saturated rings. The number of halogens is 1. The van der Waals surface area contributed by atoms with Gasteiger partial charge in [0.05, 0.1) is 36.9 Å². The van der Waals surface area contributed by atoms with Crippen LogP contribution < -0.4 is 4.74 Å². The standard InChI is InChI=1S/C25H27FN4O6/c1-3-12-33-23(32)25(2)14-35-22(36-15-25)21-29-19(16-5-7-17(26)8-6-16)20(30-21)18-9-10-27-24(28-18)34-13-4-11-31/h3,5-10,22,31H,1,4,11-15H2,2H3,(H,29,30). The monoisotopic (exact) mass is 498 g/mol. The average Bonchev–Trinajstić information content (AvgIpc) is 3.34. The first-order chi connectivity index (χ1) is 17.4. The van der Waals surface area contributed by atoms with E-state index in [2.05, 4.69) is 26.5 Å². The van der Waals surface area contributed by atoms with E-state index in [0.717, 1.165) is 0 Å². The van der Waals surface area contributed by atoms with Gasteiger partial charge in [0, 0.05) is 24.8 Å². The van der Waals surface area contributed by atoms with Crippen molar-refractivity contribution in [2.75, 3.05) is 33.0 Å². The van der Waals surface area contributed by atoms with Gasteiger partial charge < -0.3 is 29.0 Å². The van der Waals surface area contributed by atoms with Gasteiger partial charge in [-0.2, -0.15) is 4.98 Å². The second-order valence-corrected chi connectivity index (χ2v) is 8.40. The summed E-state index contributed by atoms with van der Waals surface area (Å²) in [5.41, 5.74) is 1.18. The Kier molecular flexibility index (Phi) is 8.04. The summed E-state index contributed by atoms with van der Waals surface area (Å²) in [6.45, 7) is 5.72. The van der Waals surface area contributed by atoms with Crippen molar-refractivity contribution in [1.82, 2.24) is 19.9 Å². The lowest BCUT2D eigenvalue weighted by molar-refractivity contribution is -0.238. The number of hydrogen-bond donors (Lipinski definition) is 2. The zero-order valence-corrected chi connectivity index (χ0v) is 19.8. The van der Waals surface area contributed by atoms with Crippen molar-refractivity contribution in [2.24, 2.45) is 5.41 Å². The van der Waals surface area contributed by atoms with Crippen LogP contribution in [0.1, 0.15) is 25.5 Å². The fourth-order valence-electron chi connectivity index (χ4n) is 3.48. The number of hydrogen-bond acceptors (Lipinski definition) is 9. The highest BCUT2D eigenvalue weighted by atomic mass is 19.1. The first kappa shape index (κ1) is 25.4. The predicted octanol–water partition coefficient (Wildman–Crippen LogP) is 3.21. The van der Waals surface area contributed by atoms with Crippen LogP contribution in [-0.2, 0) is 19.0 Å². The fourth-order valence-corrected chi connectivity index (χ4v) is 3.48. The Bertz CT molecular complexity index is 1190. The molecular formula is C25H27FN4O6. The lowest BCUT2D eigenvalue weighted by Crippen LogP contribution is -2.43. The van der Waals surface area contributed by atoms with E-state index < -0.39 is 17.7 Å². The van der Waals surface area contributed by atoms with Gasteiger partial charge in [0.1, 0.15) is 17.8 Å². The minimum Gasteiger partial charge on any atom is -0.463 e. The number of H-pyrrole nitrogens is 1. The number of nitrogens with zero attached hydrogens (tertiary/aromatic N) is 3. The lowest BCUT2D eigenvalue weighted by Gasteiger charge is -2.34. The summed E-state index contributed by atoms with van der Waals surface area (Å²) in [6.07, 6.45) is 2.60. The molecule has 1 saturated heterocycles. The van der Waals surface area contributed by atoms with Crippen molar-refractivity contribution in [3.05, 3.63) is 60.8 Å². The summed E-state index contributed by atoms with van der Waals surface area (Å²) in [7, 11) is 0. The van der Waals surface area contributed by atoms with Gasteiger partial charge in [-0.25, -0.2) is 14.4 Å². The summed E-state index contributed by atoms with van der Waals surface area (Å²) in [5.74, 6) is -0.464. The van der Waals surface area contributed by atoms with E-state index in [1.54, 1.807) is 31.3 Å². The first-order valence-corrected chi connectivity index (χ1v) is 11.4. The molecule has 11 heteroatoms. The number of nitrogens with one attached hydrogen (secondary N) is 1. The van der Waals surface area contributed by atoms with E-state index in [1.807, 2.05) is 0 Å². The number of rotatable bonds is 10. The maximum atomic E-state index is 13.6. The molecule has 0 bridgehead atoms. The molecule has 1 aliphatic heterocycles. The summed E-state index contributed by atoms with van der Waals surface area (Å²) >= 11 is 0. The first-order valence-electron chi connectivity index (χ1n) is 11.4. The topological polar surface area (TPSA) is 129 Å². The molecule has 0 aliphatic carbocycles. The second kappa shape index (κ2) is 11.4. The quantitative estimate of drug-likeness (QED) is 0.246. The molecule has 0 saturated carbocycles. The van der Waals surface area contributed by atoms with Gasteiger partial charge in [-0.05, 0) is 37.3 Å². The van der Waals surface area contributed by atoms with Crippen molar-refractivity contribution >= 4 is 5.97 Å². The molecule has 1 aromatic carbocycles. The Morgan fingerprint density at radius 1 is 1.28 bits per heavy atom. The van der Waals surface area contributed by atoms with E-state index in [1.165, 1.54) is 18.2 Å². The maximum Gasteiger partial charge on any atom is 0.316 e. The Labute approximate surface area is 207 Å². The summed E-state index contributed by atoms with van der Waals surface area (Å²) < 4.78 is 35.9. The number of aromatic nitrogens is 4. The Morgan fingerprint density at radius 3 is 2.72 bits per heavy atom. The molecule has 2 aromatic heterocycles. The largest absolute Gasteiger partial charge is 0.463 e. The highest BCUT2D eigenvalue weighted by Gasteiger charge is 2.42. The van der Waals surface area contributed by atoms with E-state index in [4.69, 9.17) is 24.1 Å². The number of benzene rings is 1. The molecule has 3 heterocycles. The average molecular weight is 499 g/mol. The second-order valence-electron chi connectivity index (χ2n) is 8.40. The SMILES string of the molecule is C=CCOC(=O)C1(C)COC(c2nc(-c3ccc(F)cc3)c(-c3ccnc(OCCCO)n3)[nH]2)OC1. The Hall–Kier alpha value is -3.67. The number of esters is 1. The molecule has 4 rings (SSSR count). The maximum absolute atomic E-state index is 13.6. The van der Waals surface area contributed by atoms with E-state index in [0.29, 0.717) is 34.9 Å². The summed E-state index contributed by atoms with van der Waals surface area (Å²) in [6, 6.07) is 7.71. The molecule has 3 aromatic rings. The minimum atomic E-state index is -0.970. The van der Waals surface area contributed by atoms with Gasteiger partial charge >= 0.3 is 12.0 Å². The highest BCUT2D eigenvalue weighted by Crippen LogP contribution is 2.36. The van der Waals surface area contributed by atoms with Crippen LogP contribution in [0, 0.1) is 11.2 Å². The molecule has 0 radical (unpaired) electrons. The van der Waals surface area contributed by atoms with Crippen molar-refractivity contribution < 1.29 is 33.2 Å². The number of carbonyl (C=O) groups excluding carboxylic acids is 1. The van der Waals surface area contributed by atoms with Gasteiger partial charge in [0.15, 0.2) is 5.82 Å². The minimum absolute atomic E-state index is 0.00920. The number of aliphatic hydroxyl groups is 1. The fraction of sp³-hybridized carbons (Fsp3) is 0.360. The summed E-state index contributed by atoms with van der Waals surface area (Å²) in [5, 5.41) is 8.97. The van der Waals surface area contributed by atoms with Crippen molar-refractivity contribution in [3.8, 4) is 28.7 Å². The van der Waals surface area contributed by atoms with Crippen LogP contribution in [-0.4, -0.2) is 64.0 Å². The Balaban J connectivity index is 1.61. The van der Waals surface area contributed by atoms with Gasteiger partial charge in [0.25, 0.3) is 0 Å². The van der Waals surface area contributed by atoms with Crippen molar-refractivity contribution in [3.63, 3.8) is 0 Å². The van der Waals surface area contributed by atoms with Crippen molar-refractivity contribution in [1.29, 1.82) is 0 Å². The molecule has 1 aliphatic rings. The molecule has 10 nitrogen and oxygen atoms in total. The molecule has 2 N–H and O–H groups in total. The van der Waals surface area contributed by atoms with E-state index in [-0.39, 0.29) is 44.9 Å². The van der Waals surface area contributed by atoms with Crippen LogP contribution in [0.25, 0.3) is 22.6 Å². The van der Waals surface area contributed by atoms with Crippen LogP contribution in [0.4, 0.5) is 4.39 Å². The highest BCUT2D eigenvalue weighted by molar-refractivity contribution is 5.77. The van der Waals surface area contributed by atoms with Gasteiger partial charge in [0.2, 0.25) is 6.29 Å². The third-order valence-electron chi connectivity index (χ3n) is 5.42. The molecule has 0 atom stereocenters. The third-order valence-corrected chi connectivity index (χ3v) is 5.42. The number of carbonyl (C=O) groups is 1. The van der Waals surface area contributed by atoms with Crippen LogP contribution in [0.2, 0.25) is 0 Å². The van der Waals surface area contributed by atoms with Gasteiger partial charge in [-0.1, -0.05) is 12.7 Å². The molecule has 0 spiro atoms. The smallest absolute Gasteiger partial charge is 0.316 e. The summed E-state index contributed by atoms with van der Waals surface area (Å²) in [4.78, 5) is 28.8. The lowest BCUT2D eigenvalue weighted by atomic mass is 9.92. The molecule has 190 valence electrons. The normalized spacial score (nSPS) is 19.6. The molecule has 0 unspecified atom stereocenters. The van der Waals surface area contributed by atoms with E-state index >= 15 is 0 Å². The molecular weight excluding hydrogens is 471 g/mol. The van der Waals surface area contributed by atoms with E-state index in [9.17, 15) is 9.18 Å². The number of aliphatic hydroxyl groups excluding tert-OH is 1. The zero-order valence-electron chi connectivity index (χ0n) is 19.8. The van der Waals surface area contributed by atoms with Crippen LogP contribution >= 0.6 is 0 Å². The predicted molar refractivity (Wildman–Crippen MR) is 126 cm³/mol. The van der Waals surface area contributed by atoms with Gasteiger partial charge in [-0.3, -0.25) is 4.79 Å². The Morgan fingerprint density at radius 2 is 2.03 bits per heavy atom. The van der Waals surface area contributed by atoms with Crippen molar-refractivity contribution in [2.45, 2.75) is 19.6 Å². The van der Waals surface area contributed by atoms with Crippen LogP contribution in [0.5, 0.6) is 6.01 Å². The van der Waals surface area contributed by atoms with Gasteiger partial charge in [-0.15, -0.1) is 0 Å². The third kappa shape index (κ3) is 5.76. The molecule has 36 heavy (non-hydrogen) atoms. The number of ether oxygens (including phenoxy) is 4. The van der Waals surface area contributed by atoms with Crippen LogP contribution in [0.15, 0.2) is 49.2 Å². The number of aromatic amines is 1. The molecule has 0 amide bonds. The van der Waals surface area contributed by atoms with Crippen LogP contribution in [0.3, 0.4) is 0 Å².